The lowest BCUT2D eigenvalue weighted by Gasteiger charge is -2.07. The molecule has 16 heavy (non-hydrogen) atoms. The minimum absolute atomic E-state index is 0.713. The molecule has 80 valence electrons. The summed E-state index contributed by atoms with van der Waals surface area (Å²) in [6, 6.07) is 6.06. The Kier molecular flexibility index (Phi) is 2.27. The Bertz CT molecular complexity index is 613. The van der Waals surface area contributed by atoms with Crippen molar-refractivity contribution in [1.29, 1.82) is 0 Å². The van der Waals surface area contributed by atoms with E-state index >= 15 is 0 Å². The summed E-state index contributed by atoms with van der Waals surface area (Å²) < 4.78 is 1.12. The molecule has 0 atom stereocenters. The molecule has 3 nitrogen and oxygen atoms in total. The van der Waals surface area contributed by atoms with Crippen LogP contribution in [0, 0.1) is 0 Å². The molecule has 3 aromatic rings. The van der Waals surface area contributed by atoms with Crippen LogP contribution < -0.4 is 11.1 Å². The molecule has 0 amide bonds. The Hall–Kier alpha value is -1.59. The second kappa shape index (κ2) is 3.77. The topological polar surface area (TPSA) is 50.9 Å². The lowest BCUT2D eigenvalue weighted by Crippen LogP contribution is -1.95. The van der Waals surface area contributed by atoms with Crippen LogP contribution in [0.25, 0.3) is 10.2 Å². The summed E-state index contributed by atoms with van der Waals surface area (Å²) in [5, 5.41) is 7.36. The van der Waals surface area contributed by atoms with Gasteiger partial charge in [-0.15, -0.1) is 11.3 Å². The number of hydrogen-bond acceptors (Lipinski definition) is 5. The SMILES string of the molecule is Nc1c(Nc2ccsc2)ccc2scnc12. The van der Waals surface area contributed by atoms with E-state index in [9.17, 15) is 0 Å². The Balaban J connectivity index is 2.07. The third kappa shape index (κ3) is 1.54. The van der Waals surface area contributed by atoms with Gasteiger partial charge in [-0.05, 0) is 23.6 Å². The van der Waals surface area contributed by atoms with E-state index < -0.39 is 0 Å². The van der Waals surface area contributed by atoms with Crippen LogP contribution in [0.1, 0.15) is 0 Å². The fraction of sp³-hybridized carbons (Fsp3) is 0. The number of nitrogen functional groups attached to an aromatic ring is 1. The molecule has 0 fully saturated rings. The van der Waals surface area contributed by atoms with Crippen molar-refractivity contribution < 1.29 is 0 Å². The number of nitrogens with two attached hydrogens (primary N) is 1. The van der Waals surface area contributed by atoms with E-state index in [4.69, 9.17) is 5.73 Å². The maximum atomic E-state index is 6.07. The van der Waals surface area contributed by atoms with Gasteiger partial charge in [0.1, 0.15) is 5.52 Å². The van der Waals surface area contributed by atoms with Gasteiger partial charge >= 0.3 is 0 Å². The second-order valence-electron chi connectivity index (χ2n) is 3.36. The highest BCUT2D eigenvalue weighted by atomic mass is 32.1. The van der Waals surface area contributed by atoms with Crippen molar-refractivity contribution >= 4 is 50.0 Å². The summed E-state index contributed by atoms with van der Waals surface area (Å²) in [5.74, 6) is 0. The fourth-order valence-corrected chi connectivity index (χ4v) is 2.83. The van der Waals surface area contributed by atoms with Crippen molar-refractivity contribution in [1.82, 2.24) is 4.98 Å². The minimum atomic E-state index is 0.713. The smallest absolute Gasteiger partial charge is 0.106 e. The van der Waals surface area contributed by atoms with Crippen LogP contribution in [0.2, 0.25) is 0 Å². The van der Waals surface area contributed by atoms with Gasteiger partial charge in [0.15, 0.2) is 0 Å². The van der Waals surface area contributed by atoms with Crippen molar-refractivity contribution in [3.63, 3.8) is 0 Å². The van der Waals surface area contributed by atoms with Crippen molar-refractivity contribution in [3.8, 4) is 0 Å². The zero-order valence-corrected chi connectivity index (χ0v) is 9.94. The number of anilines is 3. The first-order chi connectivity index (χ1) is 7.84. The third-order valence-corrected chi connectivity index (χ3v) is 3.82. The highest BCUT2D eigenvalue weighted by Gasteiger charge is 2.06. The molecule has 2 aromatic heterocycles. The molecule has 0 bridgehead atoms. The second-order valence-corrected chi connectivity index (χ2v) is 5.03. The average molecular weight is 247 g/mol. The van der Waals surface area contributed by atoms with Gasteiger partial charge in [0, 0.05) is 11.1 Å². The minimum Gasteiger partial charge on any atom is -0.395 e. The Morgan fingerprint density at radius 2 is 2.19 bits per heavy atom. The van der Waals surface area contributed by atoms with Gasteiger partial charge in [0.25, 0.3) is 0 Å². The molecule has 0 aliphatic carbocycles. The van der Waals surface area contributed by atoms with Gasteiger partial charge in [-0.3, -0.25) is 0 Å². The maximum Gasteiger partial charge on any atom is 0.106 e. The van der Waals surface area contributed by atoms with E-state index in [1.165, 1.54) is 0 Å². The van der Waals surface area contributed by atoms with Gasteiger partial charge in [-0.1, -0.05) is 0 Å². The van der Waals surface area contributed by atoms with Crippen LogP contribution in [0.4, 0.5) is 17.1 Å². The number of nitrogens with one attached hydrogen (secondary N) is 1. The van der Waals surface area contributed by atoms with Crippen LogP contribution in [-0.2, 0) is 0 Å². The summed E-state index contributed by atoms with van der Waals surface area (Å²) in [6.07, 6.45) is 0. The predicted molar refractivity (Wildman–Crippen MR) is 71.6 cm³/mol. The number of rotatable bonds is 2. The van der Waals surface area contributed by atoms with Gasteiger partial charge in [-0.25, -0.2) is 4.98 Å². The van der Waals surface area contributed by atoms with Crippen molar-refractivity contribution in [2.24, 2.45) is 0 Å². The molecule has 0 aliphatic rings. The molecule has 5 heteroatoms. The molecular weight excluding hydrogens is 238 g/mol. The fourth-order valence-electron chi connectivity index (χ4n) is 1.55. The lowest BCUT2D eigenvalue weighted by atomic mass is 10.2. The van der Waals surface area contributed by atoms with Crippen LogP contribution >= 0.6 is 22.7 Å². The third-order valence-electron chi connectivity index (χ3n) is 2.34. The number of aromatic nitrogens is 1. The molecule has 1 aromatic carbocycles. The molecule has 0 unspecified atom stereocenters. The van der Waals surface area contributed by atoms with Crippen LogP contribution in [0.3, 0.4) is 0 Å². The number of nitrogens with zero attached hydrogens (tertiary/aromatic N) is 1. The standard InChI is InChI=1S/C11H9N3S2/c12-10-8(14-7-3-4-15-5-7)1-2-9-11(10)13-6-16-9/h1-6,14H,12H2. The first kappa shape index (κ1) is 9.62. The molecule has 0 radical (unpaired) electrons. The van der Waals surface area contributed by atoms with Gasteiger partial charge in [0.2, 0.25) is 0 Å². The number of fused-ring (bicyclic) bond motifs is 1. The Morgan fingerprint density at radius 1 is 1.25 bits per heavy atom. The molecular formula is C11H9N3S2. The van der Waals surface area contributed by atoms with Gasteiger partial charge < -0.3 is 11.1 Å². The van der Waals surface area contributed by atoms with Gasteiger partial charge in [-0.2, -0.15) is 11.3 Å². The molecule has 3 N–H and O–H groups in total. The average Bonchev–Trinajstić information content (AvgIpc) is 2.93. The van der Waals surface area contributed by atoms with Gasteiger partial charge in [0.05, 0.1) is 21.6 Å². The lowest BCUT2D eigenvalue weighted by molar-refractivity contribution is 1.49. The van der Waals surface area contributed by atoms with E-state index in [0.29, 0.717) is 5.69 Å². The summed E-state index contributed by atoms with van der Waals surface area (Å²) in [7, 11) is 0. The van der Waals surface area contributed by atoms with E-state index in [2.05, 4.69) is 10.3 Å². The zero-order valence-electron chi connectivity index (χ0n) is 8.31. The first-order valence-electron chi connectivity index (χ1n) is 4.75. The summed E-state index contributed by atoms with van der Waals surface area (Å²) in [5.41, 5.74) is 11.4. The Morgan fingerprint density at radius 3 is 3.00 bits per heavy atom. The molecule has 0 saturated heterocycles. The summed E-state index contributed by atoms with van der Waals surface area (Å²) in [4.78, 5) is 4.26. The highest BCUT2D eigenvalue weighted by Crippen LogP contribution is 2.32. The summed E-state index contributed by atoms with van der Waals surface area (Å²) in [6.45, 7) is 0. The maximum absolute atomic E-state index is 6.07. The van der Waals surface area contributed by atoms with Crippen LogP contribution in [0.15, 0.2) is 34.5 Å². The monoisotopic (exact) mass is 247 g/mol. The number of thiazole rings is 1. The summed E-state index contributed by atoms with van der Waals surface area (Å²) >= 11 is 3.25. The van der Waals surface area contributed by atoms with Crippen LogP contribution in [0.5, 0.6) is 0 Å². The zero-order chi connectivity index (χ0) is 11.0. The van der Waals surface area contributed by atoms with E-state index in [1.807, 2.05) is 34.5 Å². The molecule has 0 spiro atoms. The normalized spacial score (nSPS) is 10.8. The van der Waals surface area contributed by atoms with Crippen LogP contribution in [-0.4, -0.2) is 4.98 Å². The molecule has 3 rings (SSSR count). The molecule has 0 saturated carbocycles. The molecule has 2 heterocycles. The number of hydrogen-bond donors (Lipinski definition) is 2. The van der Waals surface area contributed by atoms with Crippen molar-refractivity contribution in [2.45, 2.75) is 0 Å². The van der Waals surface area contributed by atoms with Crippen molar-refractivity contribution in [2.75, 3.05) is 11.1 Å². The van der Waals surface area contributed by atoms with E-state index in [-0.39, 0.29) is 0 Å². The largest absolute Gasteiger partial charge is 0.395 e. The van der Waals surface area contributed by atoms with E-state index in [1.54, 1.807) is 22.7 Å². The highest BCUT2D eigenvalue weighted by molar-refractivity contribution is 7.16. The number of benzene rings is 1. The predicted octanol–water partition coefficient (Wildman–Crippen LogP) is 3.68. The Labute approximate surface area is 101 Å². The first-order valence-corrected chi connectivity index (χ1v) is 6.58. The van der Waals surface area contributed by atoms with E-state index in [0.717, 1.165) is 21.6 Å². The quantitative estimate of drug-likeness (QED) is 0.679. The van der Waals surface area contributed by atoms with Crippen molar-refractivity contribution in [3.05, 3.63) is 34.5 Å². The number of thiophene rings is 1. The molecule has 0 aliphatic heterocycles.